The SMILES string of the molecule is C=CC1(OC(=O)C(=C)C)c2ccccc2-c2ccc3ccccc3c21. The number of fused-ring (bicyclic) bond motifs is 5. The summed E-state index contributed by atoms with van der Waals surface area (Å²) in [5, 5.41) is 2.16. The molecule has 0 N–H and O–H groups in total. The van der Waals surface area contributed by atoms with Gasteiger partial charge in [0.05, 0.1) is 0 Å². The monoisotopic (exact) mass is 326 g/mol. The molecule has 0 saturated carbocycles. The van der Waals surface area contributed by atoms with E-state index in [1.54, 1.807) is 13.0 Å². The molecule has 0 radical (unpaired) electrons. The van der Waals surface area contributed by atoms with Crippen LogP contribution < -0.4 is 0 Å². The first-order valence-corrected chi connectivity index (χ1v) is 8.23. The van der Waals surface area contributed by atoms with Crippen molar-refractivity contribution in [2.24, 2.45) is 0 Å². The van der Waals surface area contributed by atoms with Crippen LogP contribution in [0, 0.1) is 0 Å². The van der Waals surface area contributed by atoms with Crippen molar-refractivity contribution in [3.05, 3.63) is 96.6 Å². The molecule has 0 bridgehead atoms. The lowest BCUT2D eigenvalue weighted by atomic mass is 9.87. The summed E-state index contributed by atoms with van der Waals surface area (Å²) in [5.74, 6) is -0.421. The fourth-order valence-corrected chi connectivity index (χ4v) is 3.67. The summed E-state index contributed by atoms with van der Waals surface area (Å²) in [5.41, 5.74) is 3.40. The molecular weight excluding hydrogens is 308 g/mol. The third-order valence-corrected chi connectivity index (χ3v) is 4.81. The number of esters is 1. The van der Waals surface area contributed by atoms with Gasteiger partial charge < -0.3 is 4.74 Å². The Morgan fingerprint density at radius 2 is 1.72 bits per heavy atom. The summed E-state index contributed by atoms with van der Waals surface area (Å²) < 4.78 is 6.01. The average Bonchev–Trinajstić information content (AvgIpc) is 2.93. The Hall–Kier alpha value is -3.13. The van der Waals surface area contributed by atoms with Gasteiger partial charge in [0.2, 0.25) is 0 Å². The Morgan fingerprint density at radius 1 is 1.00 bits per heavy atom. The third-order valence-electron chi connectivity index (χ3n) is 4.81. The van der Waals surface area contributed by atoms with Crippen LogP contribution in [0.25, 0.3) is 21.9 Å². The van der Waals surface area contributed by atoms with Crippen LogP contribution in [0.15, 0.2) is 85.5 Å². The topological polar surface area (TPSA) is 26.3 Å². The Kier molecular flexibility index (Phi) is 3.36. The fraction of sp³-hybridized carbons (Fsp3) is 0.0870. The Balaban J connectivity index is 2.11. The first-order valence-electron chi connectivity index (χ1n) is 8.23. The molecule has 0 saturated heterocycles. The van der Waals surface area contributed by atoms with Crippen molar-refractivity contribution < 1.29 is 9.53 Å². The van der Waals surface area contributed by atoms with Gasteiger partial charge in [-0.3, -0.25) is 0 Å². The quantitative estimate of drug-likeness (QED) is 0.367. The second-order valence-corrected chi connectivity index (χ2v) is 6.36. The molecule has 0 amide bonds. The molecular formula is C23H18O2. The van der Waals surface area contributed by atoms with Crippen LogP contribution in [-0.2, 0) is 15.1 Å². The van der Waals surface area contributed by atoms with E-state index < -0.39 is 11.6 Å². The summed E-state index contributed by atoms with van der Waals surface area (Å²) >= 11 is 0. The molecule has 1 aliphatic carbocycles. The van der Waals surface area contributed by atoms with Gasteiger partial charge in [-0.05, 0) is 34.9 Å². The molecule has 122 valence electrons. The lowest BCUT2D eigenvalue weighted by Gasteiger charge is -2.29. The van der Waals surface area contributed by atoms with E-state index in [2.05, 4.69) is 43.5 Å². The van der Waals surface area contributed by atoms with Crippen LogP contribution in [0.3, 0.4) is 0 Å². The highest BCUT2D eigenvalue weighted by Gasteiger charge is 2.45. The van der Waals surface area contributed by atoms with Crippen molar-refractivity contribution in [1.82, 2.24) is 0 Å². The van der Waals surface area contributed by atoms with Gasteiger partial charge in [-0.1, -0.05) is 73.8 Å². The molecule has 1 atom stereocenters. The van der Waals surface area contributed by atoms with E-state index in [1.807, 2.05) is 30.3 Å². The highest BCUT2D eigenvalue weighted by Crippen LogP contribution is 2.53. The number of benzene rings is 3. The maximum Gasteiger partial charge on any atom is 0.334 e. The molecule has 3 aromatic carbocycles. The smallest absolute Gasteiger partial charge is 0.334 e. The molecule has 4 rings (SSSR count). The van der Waals surface area contributed by atoms with Crippen LogP contribution in [0.5, 0.6) is 0 Å². The van der Waals surface area contributed by atoms with Gasteiger partial charge in [-0.2, -0.15) is 0 Å². The van der Waals surface area contributed by atoms with E-state index in [1.165, 1.54) is 0 Å². The molecule has 0 fully saturated rings. The van der Waals surface area contributed by atoms with Gasteiger partial charge in [0.25, 0.3) is 0 Å². The number of hydrogen-bond acceptors (Lipinski definition) is 2. The second kappa shape index (κ2) is 5.45. The highest BCUT2D eigenvalue weighted by molar-refractivity contribution is 5.99. The van der Waals surface area contributed by atoms with Gasteiger partial charge in [0.1, 0.15) is 0 Å². The van der Waals surface area contributed by atoms with Crippen molar-refractivity contribution >= 4 is 16.7 Å². The summed E-state index contributed by atoms with van der Waals surface area (Å²) in [7, 11) is 0. The molecule has 1 unspecified atom stereocenters. The predicted octanol–water partition coefficient (Wildman–Crippen LogP) is 5.37. The molecule has 0 heterocycles. The van der Waals surface area contributed by atoms with Crippen molar-refractivity contribution in [3.8, 4) is 11.1 Å². The van der Waals surface area contributed by atoms with Crippen molar-refractivity contribution in [1.29, 1.82) is 0 Å². The average molecular weight is 326 g/mol. The number of carbonyl (C=O) groups excluding carboxylic acids is 1. The molecule has 0 spiro atoms. The molecule has 0 aromatic heterocycles. The maximum atomic E-state index is 12.4. The largest absolute Gasteiger partial charge is 0.441 e. The molecule has 0 aliphatic heterocycles. The zero-order valence-corrected chi connectivity index (χ0v) is 14.1. The van der Waals surface area contributed by atoms with Crippen LogP contribution >= 0.6 is 0 Å². The normalized spacial score (nSPS) is 17.6. The summed E-state index contributed by atoms with van der Waals surface area (Å²) in [6, 6.07) is 20.3. The van der Waals surface area contributed by atoms with E-state index in [4.69, 9.17) is 4.74 Å². The lowest BCUT2D eigenvalue weighted by Crippen LogP contribution is -2.30. The van der Waals surface area contributed by atoms with Crippen molar-refractivity contribution in [2.45, 2.75) is 12.5 Å². The molecule has 2 heteroatoms. The number of hydrogen-bond donors (Lipinski definition) is 0. The van der Waals surface area contributed by atoms with Gasteiger partial charge >= 0.3 is 5.97 Å². The number of rotatable bonds is 3. The first kappa shape index (κ1) is 15.4. The van der Waals surface area contributed by atoms with E-state index in [9.17, 15) is 4.79 Å². The predicted molar refractivity (Wildman–Crippen MR) is 101 cm³/mol. The fourth-order valence-electron chi connectivity index (χ4n) is 3.67. The summed E-state index contributed by atoms with van der Waals surface area (Å²) in [4.78, 5) is 12.4. The van der Waals surface area contributed by atoms with Crippen LogP contribution in [0.2, 0.25) is 0 Å². The van der Waals surface area contributed by atoms with Gasteiger partial charge in [0, 0.05) is 16.7 Å². The second-order valence-electron chi connectivity index (χ2n) is 6.36. The first-order chi connectivity index (χ1) is 12.1. The van der Waals surface area contributed by atoms with Crippen LogP contribution in [-0.4, -0.2) is 5.97 Å². The number of ether oxygens (including phenoxy) is 1. The van der Waals surface area contributed by atoms with E-state index in [-0.39, 0.29) is 0 Å². The Morgan fingerprint density at radius 3 is 2.48 bits per heavy atom. The Bertz CT molecular complexity index is 1040. The molecule has 2 nitrogen and oxygen atoms in total. The zero-order chi connectivity index (χ0) is 17.6. The summed E-state index contributed by atoms with van der Waals surface area (Å²) in [6.45, 7) is 9.41. The molecule has 3 aromatic rings. The van der Waals surface area contributed by atoms with Crippen molar-refractivity contribution in [2.75, 3.05) is 0 Å². The highest BCUT2D eigenvalue weighted by atomic mass is 16.6. The minimum atomic E-state index is -1.01. The van der Waals surface area contributed by atoms with E-state index >= 15 is 0 Å². The lowest BCUT2D eigenvalue weighted by molar-refractivity contribution is -0.147. The minimum absolute atomic E-state index is 0.368. The van der Waals surface area contributed by atoms with Gasteiger partial charge in [0.15, 0.2) is 5.60 Å². The minimum Gasteiger partial charge on any atom is -0.441 e. The number of carbonyl (C=O) groups is 1. The Labute approximate surface area is 147 Å². The third kappa shape index (κ3) is 2.07. The zero-order valence-electron chi connectivity index (χ0n) is 14.1. The van der Waals surface area contributed by atoms with Gasteiger partial charge in [-0.25, -0.2) is 4.79 Å². The molecule has 1 aliphatic rings. The van der Waals surface area contributed by atoms with E-state index in [0.717, 1.165) is 33.0 Å². The molecule has 25 heavy (non-hydrogen) atoms. The standard InChI is InChI=1S/C23H18O2/c1-4-23(25-22(24)15(2)3)20-12-8-7-11-18(20)19-14-13-16-9-5-6-10-17(16)21(19)23/h4-14H,1-2H2,3H3. The summed E-state index contributed by atoms with van der Waals surface area (Å²) in [6.07, 6.45) is 1.73. The van der Waals surface area contributed by atoms with Crippen LogP contribution in [0.1, 0.15) is 18.1 Å². The maximum absolute atomic E-state index is 12.4. The van der Waals surface area contributed by atoms with Crippen LogP contribution in [0.4, 0.5) is 0 Å². The van der Waals surface area contributed by atoms with Crippen molar-refractivity contribution in [3.63, 3.8) is 0 Å². The van der Waals surface area contributed by atoms with Gasteiger partial charge in [-0.15, -0.1) is 0 Å². The van der Waals surface area contributed by atoms with E-state index in [0.29, 0.717) is 5.57 Å².